The van der Waals surface area contributed by atoms with Crippen molar-refractivity contribution in [2.24, 2.45) is 5.92 Å². The predicted molar refractivity (Wildman–Crippen MR) is 80.2 cm³/mol. The molecule has 19 heavy (non-hydrogen) atoms. The van der Waals surface area contributed by atoms with Gasteiger partial charge in [0.25, 0.3) is 0 Å². The quantitative estimate of drug-likeness (QED) is 0.837. The fourth-order valence-electron chi connectivity index (χ4n) is 1.96. The van der Waals surface area contributed by atoms with Gasteiger partial charge in [0.2, 0.25) is 0 Å². The van der Waals surface area contributed by atoms with E-state index in [1.807, 2.05) is 13.0 Å². The van der Waals surface area contributed by atoms with Crippen LogP contribution in [-0.2, 0) is 9.84 Å². The number of rotatable bonds is 7. The molecule has 0 aliphatic carbocycles. The van der Waals surface area contributed by atoms with Crippen molar-refractivity contribution in [1.82, 2.24) is 5.32 Å². The van der Waals surface area contributed by atoms with Crippen molar-refractivity contribution < 1.29 is 8.42 Å². The summed E-state index contributed by atoms with van der Waals surface area (Å²) in [6.45, 7) is 8.96. The molecular weight excluding hydrogens is 258 g/mol. The van der Waals surface area contributed by atoms with E-state index < -0.39 is 9.84 Å². The number of aryl methyl sites for hydroxylation is 1. The second kappa shape index (κ2) is 7.06. The molecular formula is C15H25NO2S. The molecule has 1 atom stereocenters. The fourth-order valence-corrected chi connectivity index (χ4v) is 3.78. The highest BCUT2D eigenvalue weighted by Gasteiger charge is 2.23. The highest BCUT2D eigenvalue weighted by Crippen LogP contribution is 2.16. The molecule has 0 spiro atoms. The second-order valence-electron chi connectivity index (χ2n) is 5.40. The molecule has 0 amide bonds. The Balaban J connectivity index is 2.88. The molecule has 0 saturated heterocycles. The van der Waals surface area contributed by atoms with E-state index in [-0.39, 0.29) is 11.8 Å². The summed E-state index contributed by atoms with van der Waals surface area (Å²) in [5.74, 6) is 0.458. The molecule has 4 heteroatoms. The van der Waals surface area contributed by atoms with Crippen LogP contribution in [0, 0.1) is 12.8 Å². The summed E-state index contributed by atoms with van der Waals surface area (Å²) in [4.78, 5) is 0.427. The van der Waals surface area contributed by atoms with Crippen LogP contribution in [0.3, 0.4) is 0 Å². The Kier molecular flexibility index (Phi) is 6.01. The third kappa shape index (κ3) is 4.96. The van der Waals surface area contributed by atoms with E-state index in [0.717, 1.165) is 18.5 Å². The van der Waals surface area contributed by atoms with Crippen molar-refractivity contribution in [1.29, 1.82) is 0 Å². The van der Waals surface area contributed by atoms with Gasteiger partial charge in [-0.3, -0.25) is 0 Å². The average molecular weight is 283 g/mol. The molecule has 1 unspecified atom stereocenters. The Morgan fingerprint density at radius 2 is 1.95 bits per heavy atom. The number of hydrogen-bond donors (Lipinski definition) is 1. The first-order chi connectivity index (χ1) is 8.86. The van der Waals surface area contributed by atoms with E-state index in [4.69, 9.17) is 0 Å². The largest absolute Gasteiger partial charge is 0.313 e. The van der Waals surface area contributed by atoms with Gasteiger partial charge in [-0.25, -0.2) is 8.42 Å². The second-order valence-corrected chi connectivity index (χ2v) is 7.44. The Morgan fingerprint density at radius 3 is 2.47 bits per heavy atom. The van der Waals surface area contributed by atoms with E-state index in [1.54, 1.807) is 18.2 Å². The van der Waals surface area contributed by atoms with Crippen LogP contribution in [0.1, 0.15) is 32.8 Å². The summed E-state index contributed by atoms with van der Waals surface area (Å²) < 4.78 is 24.8. The van der Waals surface area contributed by atoms with Gasteiger partial charge in [0.1, 0.15) is 0 Å². The van der Waals surface area contributed by atoms with Crippen LogP contribution in [0.4, 0.5) is 0 Å². The van der Waals surface area contributed by atoms with Gasteiger partial charge >= 0.3 is 0 Å². The first kappa shape index (κ1) is 16.2. The van der Waals surface area contributed by atoms with Gasteiger partial charge < -0.3 is 5.32 Å². The molecule has 0 aliphatic rings. The van der Waals surface area contributed by atoms with Gasteiger partial charge in [0, 0.05) is 6.04 Å². The van der Waals surface area contributed by atoms with E-state index in [1.165, 1.54) is 0 Å². The third-order valence-corrected chi connectivity index (χ3v) is 4.98. The van der Waals surface area contributed by atoms with E-state index in [9.17, 15) is 8.42 Å². The Bertz CT molecular complexity index is 495. The van der Waals surface area contributed by atoms with Crippen LogP contribution in [0.15, 0.2) is 29.2 Å². The standard InChI is InChI=1S/C15H25NO2S/c1-5-9-16-15(12(2)3)11-19(17,18)14-8-6-7-13(4)10-14/h6-8,10,12,15-16H,5,9,11H2,1-4H3. The molecule has 0 radical (unpaired) electrons. The number of nitrogens with one attached hydrogen (secondary N) is 1. The van der Waals surface area contributed by atoms with Crippen molar-refractivity contribution >= 4 is 9.84 Å². The predicted octanol–water partition coefficient (Wildman–Crippen LogP) is 2.79. The fraction of sp³-hybridized carbons (Fsp3) is 0.600. The number of sulfone groups is 1. The zero-order chi connectivity index (χ0) is 14.5. The molecule has 0 aromatic heterocycles. The van der Waals surface area contributed by atoms with Gasteiger partial charge in [-0.2, -0.15) is 0 Å². The van der Waals surface area contributed by atoms with Gasteiger partial charge in [0.05, 0.1) is 10.6 Å². The van der Waals surface area contributed by atoms with E-state index in [2.05, 4.69) is 26.1 Å². The van der Waals surface area contributed by atoms with Crippen molar-refractivity contribution in [3.63, 3.8) is 0 Å². The van der Waals surface area contributed by atoms with Gasteiger partial charge in [-0.05, 0) is 43.5 Å². The Morgan fingerprint density at radius 1 is 1.26 bits per heavy atom. The molecule has 1 aromatic rings. The van der Waals surface area contributed by atoms with Crippen LogP contribution >= 0.6 is 0 Å². The minimum atomic E-state index is -3.22. The lowest BCUT2D eigenvalue weighted by atomic mass is 10.1. The molecule has 0 saturated carbocycles. The van der Waals surface area contributed by atoms with Crippen LogP contribution < -0.4 is 5.32 Å². The third-order valence-electron chi connectivity index (χ3n) is 3.21. The Labute approximate surface area is 117 Å². The molecule has 0 bridgehead atoms. The zero-order valence-electron chi connectivity index (χ0n) is 12.3. The number of hydrogen-bond acceptors (Lipinski definition) is 3. The van der Waals surface area contributed by atoms with E-state index >= 15 is 0 Å². The lowest BCUT2D eigenvalue weighted by Gasteiger charge is -2.22. The maximum atomic E-state index is 12.4. The lowest BCUT2D eigenvalue weighted by molar-refractivity contribution is 0.426. The lowest BCUT2D eigenvalue weighted by Crippen LogP contribution is -2.40. The van der Waals surface area contributed by atoms with Crippen LogP contribution in [-0.4, -0.2) is 26.8 Å². The van der Waals surface area contributed by atoms with Crippen LogP contribution in [0.5, 0.6) is 0 Å². The monoisotopic (exact) mass is 283 g/mol. The SMILES string of the molecule is CCCNC(CS(=O)(=O)c1cccc(C)c1)C(C)C. The highest BCUT2D eigenvalue weighted by atomic mass is 32.2. The minimum Gasteiger partial charge on any atom is -0.313 e. The molecule has 1 N–H and O–H groups in total. The van der Waals surface area contributed by atoms with Crippen molar-refractivity contribution in [2.45, 2.75) is 45.1 Å². The van der Waals surface area contributed by atoms with Crippen LogP contribution in [0.2, 0.25) is 0 Å². The van der Waals surface area contributed by atoms with Crippen molar-refractivity contribution in [2.75, 3.05) is 12.3 Å². The van der Waals surface area contributed by atoms with Gasteiger partial charge in [-0.15, -0.1) is 0 Å². The average Bonchev–Trinajstić information content (AvgIpc) is 2.34. The Hall–Kier alpha value is -0.870. The summed E-state index contributed by atoms with van der Waals surface area (Å²) in [6, 6.07) is 7.14. The summed E-state index contributed by atoms with van der Waals surface area (Å²) in [6.07, 6.45) is 1.01. The molecule has 0 aliphatic heterocycles. The molecule has 108 valence electrons. The van der Waals surface area contributed by atoms with Gasteiger partial charge in [0.15, 0.2) is 9.84 Å². The molecule has 0 fully saturated rings. The first-order valence-electron chi connectivity index (χ1n) is 6.89. The van der Waals surface area contributed by atoms with Crippen molar-refractivity contribution in [3.8, 4) is 0 Å². The number of benzene rings is 1. The molecule has 0 heterocycles. The molecule has 1 rings (SSSR count). The van der Waals surface area contributed by atoms with Gasteiger partial charge in [-0.1, -0.05) is 32.9 Å². The van der Waals surface area contributed by atoms with E-state index in [0.29, 0.717) is 10.8 Å². The summed E-state index contributed by atoms with van der Waals surface area (Å²) in [5.41, 5.74) is 0.976. The topological polar surface area (TPSA) is 46.2 Å². The summed E-state index contributed by atoms with van der Waals surface area (Å²) >= 11 is 0. The summed E-state index contributed by atoms with van der Waals surface area (Å²) in [5, 5.41) is 3.33. The first-order valence-corrected chi connectivity index (χ1v) is 8.55. The molecule has 1 aromatic carbocycles. The smallest absolute Gasteiger partial charge is 0.179 e. The normalized spacial score (nSPS) is 13.7. The minimum absolute atomic E-state index is 0.00506. The van der Waals surface area contributed by atoms with Crippen LogP contribution in [0.25, 0.3) is 0 Å². The maximum absolute atomic E-state index is 12.4. The molecule has 3 nitrogen and oxygen atoms in total. The summed E-state index contributed by atoms with van der Waals surface area (Å²) in [7, 11) is -3.22. The zero-order valence-corrected chi connectivity index (χ0v) is 13.1. The van der Waals surface area contributed by atoms with Crippen molar-refractivity contribution in [3.05, 3.63) is 29.8 Å². The maximum Gasteiger partial charge on any atom is 0.179 e. The highest BCUT2D eigenvalue weighted by molar-refractivity contribution is 7.91.